The van der Waals surface area contributed by atoms with Gasteiger partial charge in [0.05, 0.1) is 5.69 Å². The molecule has 0 unspecified atom stereocenters. The van der Waals surface area contributed by atoms with Crippen molar-refractivity contribution in [1.82, 2.24) is 19.3 Å². The molecule has 0 aliphatic carbocycles. The highest BCUT2D eigenvalue weighted by Crippen LogP contribution is 2.21. The van der Waals surface area contributed by atoms with Crippen LogP contribution in [0.15, 0.2) is 24.3 Å². The van der Waals surface area contributed by atoms with E-state index in [1.165, 1.54) is 6.07 Å². The molecular formula is C15H18FN5. The Morgan fingerprint density at radius 1 is 1.33 bits per heavy atom. The van der Waals surface area contributed by atoms with Crippen molar-refractivity contribution < 1.29 is 4.39 Å². The van der Waals surface area contributed by atoms with E-state index in [9.17, 15) is 4.39 Å². The molecule has 0 saturated carbocycles. The Kier molecular flexibility index (Phi) is 3.37. The zero-order valence-corrected chi connectivity index (χ0v) is 12.2. The Balaban J connectivity index is 1.95. The van der Waals surface area contributed by atoms with E-state index in [1.54, 1.807) is 12.1 Å². The van der Waals surface area contributed by atoms with Gasteiger partial charge in [0.15, 0.2) is 5.65 Å². The third-order valence-corrected chi connectivity index (χ3v) is 3.64. The lowest BCUT2D eigenvalue weighted by Crippen LogP contribution is -2.10. The Morgan fingerprint density at radius 2 is 2.14 bits per heavy atom. The van der Waals surface area contributed by atoms with E-state index in [-0.39, 0.29) is 5.82 Å². The van der Waals surface area contributed by atoms with Gasteiger partial charge in [-0.1, -0.05) is 12.1 Å². The number of rotatable bonds is 4. The summed E-state index contributed by atoms with van der Waals surface area (Å²) in [5, 5.41) is 4.46. The molecule has 3 aromatic rings. The van der Waals surface area contributed by atoms with E-state index >= 15 is 0 Å². The van der Waals surface area contributed by atoms with Crippen LogP contribution in [0.5, 0.6) is 0 Å². The predicted octanol–water partition coefficient (Wildman–Crippen LogP) is 2.53. The number of hydrogen-bond acceptors (Lipinski definition) is 3. The number of nitrogens with two attached hydrogens (primary N) is 1. The van der Waals surface area contributed by atoms with Crippen molar-refractivity contribution in [2.24, 2.45) is 0 Å². The molecule has 110 valence electrons. The van der Waals surface area contributed by atoms with Gasteiger partial charge in [-0.2, -0.15) is 5.10 Å². The highest BCUT2D eigenvalue weighted by atomic mass is 19.1. The van der Waals surface area contributed by atoms with Gasteiger partial charge in [0.2, 0.25) is 5.95 Å². The largest absolute Gasteiger partial charge is 0.369 e. The smallest absolute Gasteiger partial charge is 0.202 e. The van der Waals surface area contributed by atoms with Gasteiger partial charge in [-0.25, -0.2) is 14.1 Å². The summed E-state index contributed by atoms with van der Waals surface area (Å²) >= 11 is 0. The number of fused-ring (bicyclic) bond motifs is 1. The number of nitrogen functional groups attached to an aromatic ring is 1. The van der Waals surface area contributed by atoms with Gasteiger partial charge in [-0.15, -0.1) is 0 Å². The summed E-state index contributed by atoms with van der Waals surface area (Å²) in [6.45, 7) is 5.37. The Labute approximate surface area is 122 Å². The van der Waals surface area contributed by atoms with Crippen LogP contribution in [-0.2, 0) is 19.5 Å². The standard InChI is InChI=1S/C15H18FN5/c1-3-21-14-13(10(2)19-21)18-15(17)20(14)8-7-11-5-4-6-12(16)9-11/h4-6,9H,3,7-8H2,1-2H3,(H2,17,18). The van der Waals surface area contributed by atoms with Crippen LogP contribution in [0, 0.1) is 12.7 Å². The number of halogens is 1. The van der Waals surface area contributed by atoms with Gasteiger partial charge < -0.3 is 5.73 Å². The zero-order chi connectivity index (χ0) is 15.0. The molecule has 1 aromatic carbocycles. The fraction of sp³-hybridized carbons (Fsp3) is 0.333. The van der Waals surface area contributed by atoms with Crippen molar-refractivity contribution in [3.63, 3.8) is 0 Å². The summed E-state index contributed by atoms with van der Waals surface area (Å²) in [5.74, 6) is 0.259. The number of nitrogens with zero attached hydrogens (tertiary/aromatic N) is 4. The van der Waals surface area contributed by atoms with Gasteiger partial charge >= 0.3 is 0 Å². The maximum Gasteiger partial charge on any atom is 0.202 e. The second kappa shape index (κ2) is 5.20. The maximum absolute atomic E-state index is 13.2. The summed E-state index contributed by atoms with van der Waals surface area (Å²) in [5.41, 5.74) is 9.61. The minimum atomic E-state index is -0.217. The van der Waals surface area contributed by atoms with Crippen molar-refractivity contribution in [1.29, 1.82) is 0 Å². The minimum Gasteiger partial charge on any atom is -0.369 e. The van der Waals surface area contributed by atoms with Gasteiger partial charge in [0, 0.05) is 13.1 Å². The summed E-state index contributed by atoms with van der Waals surface area (Å²) in [7, 11) is 0. The van der Waals surface area contributed by atoms with Crippen LogP contribution in [0.1, 0.15) is 18.2 Å². The van der Waals surface area contributed by atoms with Crippen LogP contribution in [0.3, 0.4) is 0 Å². The first-order valence-corrected chi connectivity index (χ1v) is 7.03. The van der Waals surface area contributed by atoms with Crippen LogP contribution < -0.4 is 5.73 Å². The number of aromatic nitrogens is 4. The molecule has 0 spiro atoms. The van der Waals surface area contributed by atoms with E-state index in [4.69, 9.17) is 5.73 Å². The van der Waals surface area contributed by atoms with Gasteiger partial charge in [-0.05, 0) is 38.0 Å². The molecule has 2 N–H and O–H groups in total. The first-order valence-electron chi connectivity index (χ1n) is 7.03. The summed E-state index contributed by atoms with van der Waals surface area (Å²) in [4.78, 5) is 4.39. The third-order valence-electron chi connectivity index (χ3n) is 3.64. The predicted molar refractivity (Wildman–Crippen MR) is 80.4 cm³/mol. The first-order chi connectivity index (χ1) is 10.1. The van der Waals surface area contributed by atoms with Crippen molar-refractivity contribution in [3.05, 3.63) is 41.3 Å². The van der Waals surface area contributed by atoms with Crippen molar-refractivity contribution in [2.45, 2.75) is 33.4 Å². The second-order valence-electron chi connectivity index (χ2n) is 5.07. The molecule has 6 heteroatoms. The molecule has 3 rings (SSSR count). The molecule has 0 aliphatic rings. The quantitative estimate of drug-likeness (QED) is 0.802. The molecule has 0 aliphatic heterocycles. The molecule has 0 fully saturated rings. The summed E-state index contributed by atoms with van der Waals surface area (Å²) in [6, 6.07) is 6.63. The lowest BCUT2D eigenvalue weighted by molar-refractivity contribution is 0.617. The normalized spacial score (nSPS) is 11.4. The number of imidazole rings is 1. The van der Waals surface area contributed by atoms with Crippen molar-refractivity contribution in [3.8, 4) is 0 Å². The topological polar surface area (TPSA) is 61.7 Å². The first kappa shape index (κ1) is 13.6. The van der Waals surface area contributed by atoms with Crippen molar-refractivity contribution in [2.75, 3.05) is 5.73 Å². The fourth-order valence-corrected chi connectivity index (χ4v) is 2.62. The van der Waals surface area contributed by atoms with Crippen molar-refractivity contribution >= 4 is 17.1 Å². The van der Waals surface area contributed by atoms with Crippen LogP contribution in [0.4, 0.5) is 10.3 Å². The fourth-order valence-electron chi connectivity index (χ4n) is 2.62. The highest BCUT2D eigenvalue weighted by molar-refractivity contribution is 5.77. The average molecular weight is 287 g/mol. The Bertz CT molecular complexity index is 787. The van der Waals surface area contributed by atoms with E-state index in [0.29, 0.717) is 18.9 Å². The molecule has 0 radical (unpaired) electrons. The average Bonchev–Trinajstić information content (AvgIpc) is 2.94. The second-order valence-corrected chi connectivity index (χ2v) is 5.07. The summed E-state index contributed by atoms with van der Waals surface area (Å²) in [6.07, 6.45) is 0.696. The molecular weight excluding hydrogens is 269 g/mol. The van der Waals surface area contributed by atoms with Crippen LogP contribution in [0.25, 0.3) is 11.2 Å². The number of benzene rings is 1. The van der Waals surface area contributed by atoms with Gasteiger partial charge in [0.1, 0.15) is 11.3 Å². The molecule has 0 bridgehead atoms. The minimum absolute atomic E-state index is 0.217. The number of aryl methyl sites for hydroxylation is 4. The maximum atomic E-state index is 13.2. The van der Waals surface area contributed by atoms with E-state index in [2.05, 4.69) is 10.1 Å². The van der Waals surface area contributed by atoms with Gasteiger partial charge in [0.25, 0.3) is 0 Å². The highest BCUT2D eigenvalue weighted by Gasteiger charge is 2.16. The molecule has 2 aromatic heterocycles. The third kappa shape index (κ3) is 2.37. The molecule has 2 heterocycles. The summed E-state index contributed by atoms with van der Waals surface area (Å²) < 4.78 is 17.1. The Hall–Kier alpha value is -2.37. The molecule has 0 saturated heterocycles. The van der Waals surface area contributed by atoms with E-state index < -0.39 is 0 Å². The van der Waals surface area contributed by atoms with E-state index in [0.717, 1.165) is 29.0 Å². The van der Waals surface area contributed by atoms with Crippen LogP contribution in [-0.4, -0.2) is 19.3 Å². The van der Waals surface area contributed by atoms with Crippen LogP contribution >= 0.6 is 0 Å². The molecule has 21 heavy (non-hydrogen) atoms. The van der Waals surface area contributed by atoms with E-state index in [1.807, 2.05) is 29.2 Å². The van der Waals surface area contributed by atoms with Gasteiger partial charge in [-0.3, -0.25) is 4.57 Å². The number of anilines is 1. The lowest BCUT2D eigenvalue weighted by Gasteiger charge is -2.08. The lowest BCUT2D eigenvalue weighted by atomic mass is 10.1. The zero-order valence-electron chi connectivity index (χ0n) is 12.2. The molecule has 0 atom stereocenters. The monoisotopic (exact) mass is 287 g/mol. The molecule has 5 nitrogen and oxygen atoms in total. The molecule has 0 amide bonds. The van der Waals surface area contributed by atoms with Crippen LogP contribution in [0.2, 0.25) is 0 Å². The SMILES string of the molecule is CCn1nc(C)c2nc(N)n(CCc3cccc(F)c3)c21. The Morgan fingerprint density at radius 3 is 2.86 bits per heavy atom. The number of hydrogen-bond donors (Lipinski definition) is 1.